The third kappa shape index (κ3) is 8.46. The summed E-state index contributed by atoms with van der Waals surface area (Å²) in [6.45, 7) is 7.15. The number of nitrogens with zero attached hydrogens (tertiary/aromatic N) is 1. The van der Waals surface area contributed by atoms with E-state index in [4.69, 9.17) is 10.5 Å². The van der Waals surface area contributed by atoms with Crippen molar-refractivity contribution in [2.24, 2.45) is 5.73 Å². The molecule has 210 valence electrons. The molecule has 2 saturated carbocycles. The van der Waals surface area contributed by atoms with E-state index in [9.17, 15) is 19.2 Å². The minimum atomic E-state index is -1.06. The number of aryl methyl sites for hydroxylation is 1. The summed E-state index contributed by atoms with van der Waals surface area (Å²) in [5.74, 6) is -1.20. The number of nitrogens with one attached hydrogen (secondary N) is 2. The average molecular weight is 529 g/mol. The van der Waals surface area contributed by atoms with Gasteiger partial charge in [0, 0.05) is 18.5 Å². The van der Waals surface area contributed by atoms with E-state index in [-0.39, 0.29) is 30.8 Å². The molecule has 0 heterocycles. The number of ether oxygens (including phenoxy) is 1. The molecular formula is C29H44N4O5. The first kappa shape index (κ1) is 29.5. The maximum absolute atomic E-state index is 14.2. The summed E-state index contributed by atoms with van der Waals surface area (Å²) in [6.07, 6.45) is 6.79. The highest BCUT2D eigenvalue weighted by atomic mass is 16.6. The number of carbonyl (C=O) groups excluding carboxylic acids is 4. The molecule has 0 saturated heterocycles. The molecule has 0 spiro atoms. The molecule has 9 heteroatoms. The van der Waals surface area contributed by atoms with Crippen molar-refractivity contribution in [1.29, 1.82) is 0 Å². The summed E-state index contributed by atoms with van der Waals surface area (Å²) in [5, 5.41) is 5.88. The largest absolute Gasteiger partial charge is 0.444 e. The Kier molecular flexibility index (Phi) is 10.2. The maximum Gasteiger partial charge on any atom is 0.408 e. The van der Waals surface area contributed by atoms with Crippen molar-refractivity contribution in [2.45, 2.75) is 122 Å². The standard InChI is InChI=1S/C29H44N4O5/c1-19-10-8-11-20(18-19)25(26(35)31-21-12-6-5-7-13-21)33(22-14-9-15-22)27(36)23(16-17-24(30)34)32-28(37)38-29(2,3)4/h8,10-11,18,21-23,25H,5-7,9,12-17H2,1-4H3,(H2,30,34)(H,31,35)(H,32,37). The third-order valence-electron chi connectivity index (χ3n) is 7.23. The van der Waals surface area contributed by atoms with Crippen LogP contribution in [0.5, 0.6) is 0 Å². The van der Waals surface area contributed by atoms with Gasteiger partial charge < -0.3 is 26.0 Å². The van der Waals surface area contributed by atoms with Gasteiger partial charge in [-0.3, -0.25) is 14.4 Å². The van der Waals surface area contributed by atoms with Gasteiger partial charge in [-0.15, -0.1) is 0 Å². The lowest BCUT2D eigenvalue weighted by atomic mass is 9.87. The number of hydrogen-bond acceptors (Lipinski definition) is 5. The van der Waals surface area contributed by atoms with Gasteiger partial charge in [-0.25, -0.2) is 4.79 Å². The Labute approximate surface area is 226 Å². The van der Waals surface area contributed by atoms with Crippen molar-refractivity contribution in [3.05, 3.63) is 35.4 Å². The lowest BCUT2D eigenvalue weighted by Gasteiger charge is -2.44. The molecule has 38 heavy (non-hydrogen) atoms. The Balaban J connectivity index is 1.96. The molecule has 4 amide bonds. The van der Waals surface area contributed by atoms with Crippen LogP contribution in [0.2, 0.25) is 0 Å². The highest BCUT2D eigenvalue weighted by Crippen LogP contribution is 2.34. The van der Waals surface area contributed by atoms with E-state index < -0.39 is 35.6 Å². The number of carbonyl (C=O) groups is 4. The van der Waals surface area contributed by atoms with Gasteiger partial charge in [0.2, 0.25) is 17.7 Å². The zero-order chi connectivity index (χ0) is 27.9. The summed E-state index contributed by atoms with van der Waals surface area (Å²) in [4.78, 5) is 54.1. The Morgan fingerprint density at radius 2 is 1.74 bits per heavy atom. The molecule has 2 aliphatic carbocycles. The Hall–Kier alpha value is -3.10. The molecular weight excluding hydrogens is 484 g/mol. The van der Waals surface area contributed by atoms with E-state index >= 15 is 0 Å². The van der Waals surface area contributed by atoms with Crippen molar-refractivity contribution in [3.63, 3.8) is 0 Å². The second kappa shape index (κ2) is 13.1. The van der Waals surface area contributed by atoms with Crippen molar-refractivity contribution < 1.29 is 23.9 Å². The SMILES string of the molecule is Cc1cccc(C(C(=O)NC2CCCCC2)N(C(=O)C(CCC(N)=O)NC(=O)OC(C)(C)C)C2CCC2)c1. The summed E-state index contributed by atoms with van der Waals surface area (Å²) >= 11 is 0. The first-order valence-corrected chi connectivity index (χ1v) is 13.9. The summed E-state index contributed by atoms with van der Waals surface area (Å²) in [6, 6.07) is 5.65. The molecule has 1 aromatic rings. The molecule has 2 aliphatic rings. The average Bonchev–Trinajstić information content (AvgIpc) is 2.79. The van der Waals surface area contributed by atoms with Crippen LogP contribution in [0.4, 0.5) is 4.79 Å². The molecule has 3 rings (SSSR count). The van der Waals surface area contributed by atoms with E-state index in [0.717, 1.165) is 62.5 Å². The normalized spacial score (nSPS) is 18.0. The molecule has 0 radical (unpaired) electrons. The summed E-state index contributed by atoms with van der Waals surface area (Å²) < 4.78 is 5.40. The van der Waals surface area contributed by atoms with Crippen LogP contribution in [0.25, 0.3) is 0 Å². The van der Waals surface area contributed by atoms with Crippen molar-refractivity contribution >= 4 is 23.8 Å². The van der Waals surface area contributed by atoms with Crippen LogP contribution < -0.4 is 16.4 Å². The van der Waals surface area contributed by atoms with Gasteiger partial charge in [-0.2, -0.15) is 0 Å². The van der Waals surface area contributed by atoms with Crippen LogP contribution in [0.15, 0.2) is 24.3 Å². The van der Waals surface area contributed by atoms with Crippen LogP contribution >= 0.6 is 0 Å². The first-order chi connectivity index (χ1) is 17.9. The minimum Gasteiger partial charge on any atom is -0.444 e. The van der Waals surface area contributed by atoms with Gasteiger partial charge in [0.25, 0.3) is 0 Å². The Morgan fingerprint density at radius 1 is 1.05 bits per heavy atom. The Bertz CT molecular complexity index is 995. The van der Waals surface area contributed by atoms with Crippen molar-refractivity contribution in [1.82, 2.24) is 15.5 Å². The number of nitrogens with two attached hydrogens (primary N) is 1. The van der Waals surface area contributed by atoms with Crippen LogP contribution in [-0.4, -0.2) is 52.4 Å². The molecule has 2 fully saturated rings. The predicted octanol–water partition coefficient (Wildman–Crippen LogP) is 4.02. The monoisotopic (exact) mass is 528 g/mol. The van der Waals surface area contributed by atoms with Crippen LogP contribution in [0.3, 0.4) is 0 Å². The number of hydrogen-bond donors (Lipinski definition) is 3. The number of alkyl carbamates (subject to hydrolysis) is 1. The number of amides is 4. The molecule has 0 bridgehead atoms. The predicted molar refractivity (Wildman–Crippen MR) is 145 cm³/mol. The molecule has 9 nitrogen and oxygen atoms in total. The topological polar surface area (TPSA) is 131 Å². The van der Waals surface area contributed by atoms with Gasteiger partial charge in [-0.05, 0) is 71.8 Å². The zero-order valence-corrected chi connectivity index (χ0v) is 23.3. The highest BCUT2D eigenvalue weighted by Gasteiger charge is 2.42. The fourth-order valence-electron chi connectivity index (χ4n) is 5.16. The third-order valence-corrected chi connectivity index (χ3v) is 7.23. The van der Waals surface area contributed by atoms with E-state index in [1.54, 1.807) is 25.7 Å². The number of rotatable bonds is 10. The molecule has 1 aromatic carbocycles. The van der Waals surface area contributed by atoms with Gasteiger partial charge >= 0.3 is 6.09 Å². The molecule has 0 aromatic heterocycles. The fraction of sp³-hybridized carbons (Fsp3) is 0.655. The maximum atomic E-state index is 14.2. The van der Waals surface area contributed by atoms with Crippen LogP contribution in [0, 0.1) is 6.92 Å². The zero-order valence-electron chi connectivity index (χ0n) is 23.3. The number of benzene rings is 1. The van der Waals surface area contributed by atoms with E-state index in [0.29, 0.717) is 0 Å². The molecule has 0 aliphatic heterocycles. The fourth-order valence-corrected chi connectivity index (χ4v) is 5.16. The van der Waals surface area contributed by atoms with Crippen LogP contribution in [-0.2, 0) is 19.1 Å². The highest BCUT2D eigenvalue weighted by molar-refractivity contribution is 5.93. The van der Waals surface area contributed by atoms with E-state index in [1.165, 1.54) is 0 Å². The van der Waals surface area contributed by atoms with E-state index in [2.05, 4.69) is 10.6 Å². The van der Waals surface area contributed by atoms with Gasteiger partial charge in [0.1, 0.15) is 17.7 Å². The number of primary amides is 1. The van der Waals surface area contributed by atoms with E-state index in [1.807, 2.05) is 31.2 Å². The van der Waals surface area contributed by atoms with Gasteiger partial charge in [-0.1, -0.05) is 49.1 Å². The first-order valence-electron chi connectivity index (χ1n) is 13.9. The molecule has 2 unspecified atom stereocenters. The minimum absolute atomic E-state index is 0.0153. The van der Waals surface area contributed by atoms with Gasteiger partial charge in [0.15, 0.2) is 0 Å². The van der Waals surface area contributed by atoms with Gasteiger partial charge in [0.05, 0.1) is 0 Å². The Morgan fingerprint density at radius 3 is 2.29 bits per heavy atom. The molecule has 4 N–H and O–H groups in total. The molecule has 2 atom stereocenters. The summed E-state index contributed by atoms with van der Waals surface area (Å²) in [5.41, 5.74) is 6.34. The second-order valence-electron chi connectivity index (χ2n) is 11.7. The second-order valence-corrected chi connectivity index (χ2v) is 11.7. The quantitative estimate of drug-likeness (QED) is 0.422. The van der Waals surface area contributed by atoms with Crippen molar-refractivity contribution in [2.75, 3.05) is 0 Å². The summed E-state index contributed by atoms with van der Waals surface area (Å²) in [7, 11) is 0. The van der Waals surface area contributed by atoms with Crippen molar-refractivity contribution in [3.8, 4) is 0 Å². The van der Waals surface area contributed by atoms with Crippen LogP contribution in [0.1, 0.15) is 102 Å². The lowest BCUT2D eigenvalue weighted by Crippen LogP contribution is -2.58. The smallest absolute Gasteiger partial charge is 0.408 e. The lowest BCUT2D eigenvalue weighted by molar-refractivity contribution is -0.148.